The number of aromatic amines is 1. The molecule has 0 saturated carbocycles. The van der Waals surface area contributed by atoms with Gasteiger partial charge in [-0.1, -0.05) is 13.8 Å². The topological polar surface area (TPSA) is 76.8 Å². The van der Waals surface area contributed by atoms with Crippen molar-refractivity contribution in [2.45, 2.75) is 39.2 Å². The number of rotatable bonds is 7. The molecule has 3 N–H and O–H groups in total. The second-order valence-electron chi connectivity index (χ2n) is 7.67. The monoisotopic (exact) mass is 500 g/mol. The molecule has 3 rings (SSSR count). The number of alkyl halides is 2. The van der Waals surface area contributed by atoms with E-state index in [1.54, 1.807) is 12.3 Å². The van der Waals surface area contributed by atoms with Crippen LogP contribution in [0.15, 0.2) is 30.6 Å². The van der Waals surface area contributed by atoms with E-state index in [4.69, 9.17) is 10.5 Å². The zero-order valence-corrected chi connectivity index (χ0v) is 19.6. The first-order chi connectivity index (χ1) is 13.2. The summed E-state index contributed by atoms with van der Waals surface area (Å²) >= 11 is 0. The molecule has 0 amide bonds. The molecule has 3 heterocycles. The Bertz CT molecular complexity index is 983. The van der Waals surface area contributed by atoms with Gasteiger partial charge in [0.1, 0.15) is 29.5 Å². The van der Waals surface area contributed by atoms with Gasteiger partial charge in [0.2, 0.25) is 0 Å². The van der Waals surface area contributed by atoms with E-state index in [1.165, 1.54) is 12.1 Å². The Balaban J connectivity index is 0.00000300. The molecule has 3 aromatic rings. The largest absolute Gasteiger partial charge is 0.490 e. The summed E-state index contributed by atoms with van der Waals surface area (Å²) in [5.74, 6) is -0.178. The first kappa shape index (κ1) is 29.3. The van der Waals surface area contributed by atoms with Crippen molar-refractivity contribution in [2.75, 3.05) is 6.61 Å². The Labute approximate surface area is 197 Å². The maximum Gasteiger partial charge on any atom is 0.284 e. The predicted octanol–water partition coefficient (Wildman–Crippen LogP) is 6.11. The van der Waals surface area contributed by atoms with Crippen molar-refractivity contribution in [2.24, 2.45) is 11.7 Å². The number of hydrogen-bond acceptors (Lipinski definition) is 4. The van der Waals surface area contributed by atoms with Gasteiger partial charge in [-0.25, -0.2) is 23.1 Å². The molecule has 31 heavy (non-hydrogen) atoms. The van der Waals surface area contributed by atoms with Crippen molar-refractivity contribution in [1.82, 2.24) is 15.0 Å². The van der Waals surface area contributed by atoms with Gasteiger partial charge < -0.3 is 15.5 Å². The van der Waals surface area contributed by atoms with Gasteiger partial charge in [0.05, 0.1) is 11.9 Å². The van der Waals surface area contributed by atoms with Gasteiger partial charge in [0.25, 0.3) is 6.43 Å². The van der Waals surface area contributed by atoms with Crippen LogP contribution in [-0.4, -0.2) is 27.1 Å². The molecule has 0 fully saturated rings. The first-order valence-electron chi connectivity index (χ1n) is 9.00. The normalized spacial score (nSPS) is 12.7. The number of nitrogens with zero attached hydrogens (tertiary/aromatic N) is 2. The molecule has 0 aliphatic carbocycles. The van der Waals surface area contributed by atoms with Gasteiger partial charge in [0.15, 0.2) is 0 Å². The second kappa shape index (κ2) is 11.8. The molecule has 0 saturated heterocycles. The van der Waals surface area contributed by atoms with Crippen molar-refractivity contribution in [3.63, 3.8) is 0 Å². The van der Waals surface area contributed by atoms with Gasteiger partial charge in [-0.05, 0) is 37.5 Å². The molecule has 174 valence electrons. The molecule has 11 heteroatoms. The number of H-pyrrole nitrogens is 1. The molecular weight excluding hydrogens is 476 g/mol. The lowest BCUT2D eigenvalue weighted by Gasteiger charge is -2.27. The molecular formula is C20H26Cl3F3N4O. The summed E-state index contributed by atoms with van der Waals surface area (Å²) in [7, 11) is 0. The standard InChI is InChI=1S/C20H23F3N4O.3ClH/c1-11(2)7-20(3,24)10-28-16-5-4-15(27-17(16)18(22)23)14-9-26-19-13(14)6-12(21)8-25-19;;;/h4-6,8-9,11,18H,7,10,24H2,1-3H3,(H,25,26);3*1H. The summed E-state index contributed by atoms with van der Waals surface area (Å²) in [5, 5.41) is 0.466. The zero-order chi connectivity index (χ0) is 20.5. The zero-order valence-electron chi connectivity index (χ0n) is 17.2. The Morgan fingerprint density at radius 3 is 2.48 bits per heavy atom. The van der Waals surface area contributed by atoms with Crippen LogP contribution in [-0.2, 0) is 0 Å². The van der Waals surface area contributed by atoms with E-state index in [-0.39, 0.29) is 55.3 Å². The Kier molecular flexibility index (Phi) is 11.1. The number of nitrogens with two attached hydrogens (primary N) is 1. The smallest absolute Gasteiger partial charge is 0.284 e. The molecule has 5 nitrogen and oxygen atoms in total. The van der Waals surface area contributed by atoms with Crippen molar-refractivity contribution in [1.29, 1.82) is 0 Å². The maximum atomic E-state index is 13.6. The lowest BCUT2D eigenvalue weighted by Crippen LogP contribution is -2.43. The fraction of sp³-hybridized carbons (Fsp3) is 0.400. The van der Waals surface area contributed by atoms with Gasteiger partial charge >= 0.3 is 0 Å². The highest BCUT2D eigenvalue weighted by molar-refractivity contribution is 5.92. The summed E-state index contributed by atoms with van der Waals surface area (Å²) in [4.78, 5) is 10.9. The van der Waals surface area contributed by atoms with E-state index in [0.29, 0.717) is 28.9 Å². The highest BCUT2D eigenvalue weighted by Crippen LogP contribution is 2.33. The number of nitrogens with one attached hydrogen (secondary N) is 1. The van der Waals surface area contributed by atoms with Crippen LogP contribution in [0, 0.1) is 11.7 Å². The molecule has 1 unspecified atom stereocenters. The van der Waals surface area contributed by atoms with E-state index in [0.717, 1.165) is 6.20 Å². The fourth-order valence-corrected chi connectivity index (χ4v) is 3.31. The number of fused-ring (bicyclic) bond motifs is 1. The van der Waals surface area contributed by atoms with Crippen molar-refractivity contribution >= 4 is 48.3 Å². The lowest BCUT2D eigenvalue weighted by molar-refractivity contribution is 0.134. The van der Waals surface area contributed by atoms with Gasteiger partial charge in [-0.3, -0.25) is 0 Å². The Morgan fingerprint density at radius 2 is 1.87 bits per heavy atom. The number of halogens is 6. The van der Waals surface area contributed by atoms with Crippen molar-refractivity contribution in [3.8, 4) is 17.0 Å². The highest BCUT2D eigenvalue weighted by atomic mass is 35.5. The number of ether oxygens (including phenoxy) is 1. The maximum absolute atomic E-state index is 13.6. The number of aromatic nitrogens is 3. The van der Waals surface area contributed by atoms with Gasteiger partial charge in [-0.2, -0.15) is 0 Å². The van der Waals surface area contributed by atoms with Gasteiger partial charge in [-0.15, -0.1) is 37.2 Å². The molecule has 0 radical (unpaired) electrons. The van der Waals surface area contributed by atoms with E-state index in [1.807, 2.05) is 20.8 Å². The molecule has 1 atom stereocenters. The van der Waals surface area contributed by atoms with Crippen LogP contribution in [0.1, 0.15) is 39.3 Å². The van der Waals surface area contributed by atoms with Crippen LogP contribution in [0.5, 0.6) is 5.75 Å². The van der Waals surface area contributed by atoms with Crippen LogP contribution >= 0.6 is 37.2 Å². The summed E-state index contributed by atoms with van der Waals surface area (Å²) in [6.07, 6.45) is 0.508. The van der Waals surface area contributed by atoms with Crippen LogP contribution in [0.25, 0.3) is 22.3 Å². The van der Waals surface area contributed by atoms with Crippen LogP contribution in [0.3, 0.4) is 0 Å². The van der Waals surface area contributed by atoms with Gasteiger partial charge in [0, 0.05) is 22.7 Å². The molecule has 0 spiro atoms. The molecule has 0 aliphatic heterocycles. The summed E-state index contributed by atoms with van der Waals surface area (Å²) in [5.41, 5.74) is 6.28. The predicted molar refractivity (Wildman–Crippen MR) is 124 cm³/mol. The summed E-state index contributed by atoms with van der Waals surface area (Å²) < 4.78 is 46.3. The fourth-order valence-electron chi connectivity index (χ4n) is 3.31. The Morgan fingerprint density at radius 1 is 1.19 bits per heavy atom. The van der Waals surface area contributed by atoms with E-state index in [9.17, 15) is 13.2 Å². The van der Waals surface area contributed by atoms with E-state index < -0.39 is 23.5 Å². The lowest BCUT2D eigenvalue weighted by atomic mass is 9.93. The number of pyridine rings is 2. The third-order valence-corrected chi connectivity index (χ3v) is 4.30. The average molecular weight is 502 g/mol. The first-order valence-corrected chi connectivity index (χ1v) is 9.00. The highest BCUT2D eigenvalue weighted by Gasteiger charge is 2.24. The summed E-state index contributed by atoms with van der Waals surface area (Å²) in [6.45, 7) is 5.98. The van der Waals surface area contributed by atoms with E-state index >= 15 is 0 Å². The minimum Gasteiger partial charge on any atom is -0.490 e. The second-order valence-corrected chi connectivity index (χ2v) is 7.67. The van der Waals surface area contributed by atoms with E-state index in [2.05, 4.69) is 15.0 Å². The molecule has 0 aliphatic rings. The third kappa shape index (κ3) is 7.14. The minimum absolute atomic E-state index is 0. The quantitative estimate of drug-likeness (QED) is 0.409. The molecule has 3 aromatic heterocycles. The van der Waals surface area contributed by atoms with Crippen molar-refractivity contribution in [3.05, 3.63) is 42.1 Å². The van der Waals surface area contributed by atoms with Crippen LogP contribution in [0.2, 0.25) is 0 Å². The Hall–Kier alpha value is -1.74. The summed E-state index contributed by atoms with van der Waals surface area (Å²) in [6, 6.07) is 4.29. The third-order valence-electron chi connectivity index (χ3n) is 4.30. The molecule has 0 bridgehead atoms. The average Bonchev–Trinajstić information content (AvgIpc) is 3.01. The van der Waals surface area contributed by atoms with Crippen LogP contribution < -0.4 is 10.5 Å². The van der Waals surface area contributed by atoms with Crippen LogP contribution in [0.4, 0.5) is 13.2 Å². The van der Waals surface area contributed by atoms with Crippen molar-refractivity contribution < 1.29 is 17.9 Å². The SMILES string of the molecule is CC(C)CC(C)(N)COc1ccc(-c2c[nH]c3ncc(F)cc23)nc1C(F)F.Cl.Cl.Cl. The number of hydrogen-bond donors (Lipinski definition) is 2. The molecule has 0 aromatic carbocycles. The minimum atomic E-state index is -2.83.